The Hall–Kier alpha value is -0.610. The van der Waals surface area contributed by atoms with Gasteiger partial charge in [0, 0.05) is 19.2 Å². The van der Waals surface area contributed by atoms with Crippen molar-refractivity contribution >= 4 is 5.97 Å². The zero-order chi connectivity index (χ0) is 11.1. The molecular formula is C11H21NO3. The maximum Gasteiger partial charge on any atom is 0.307 e. The lowest BCUT2D eigenvalue weighted by atomic mass is 10.1. The standard InChI is InChI=1S/C11H21NO3/c1-3-14-11(13)6-7-12-9(2)10-5-4-8-15-10/h9-10,12H,3-8H2,1-2H3. The number of esters is 1. The van der Waals surface area contributed by atoms with Gasteiger partial charge < -0.3 is 14.8 Å². The predicted molar refractivity (Wildman–Crippen MR) is 57.7 cm³/mol. The molecule has 0 saturated carbocycles. The van der Waals surface area contributed by atoms with Gasteiger partial charge in [0.25, 0.3) is 0 Å². The number of carbonyl (C=O) groups excluding carboxylic acids is 1. The van der Waals surface area contributed by atoms with Gasteiger partial charge in [0.2, 0.25) is 0 Å². The Morgan fingerprint density at radius 2 is 2.47 bits per heavy atom. The van der Waals surface area contributed by atoms with Gasteiger partial charge in [-0.3, -0.25) is 4.79 Å². The first-order valence-corrected chi connectivity index (χ1v) is 5.74. The lowest BCUT2D eigenvalue weighted by molar-refractivity contribution is -0.143. The normalized spacial score (nSPS) is 22.7. The molecule has 1 fully saturated rings. The van der Waals surface area contributed by atoms with E-state index in [2.05, 4.69) is 12.2 Å². The van der Waals surface area contributed by atoms with Crippen molar-refractivity contribution < 1.29 is 14.3 Å². The zero-order valence-corrected chi connectivity index (χ0v) is 9.62. The van der Waals surface area contributed by atoms with Gasteiger partial charge in [-0.05, 0) is 26.7 Å². The van der Waals surface area contributed by atoms with Crippen molar-refractivity contribution in [3.05, 3.63) is 0 Å². The molecule has 4 nitrogen and oxygen atoms in total. The highest BCUT2D eigenvalue weighted by molar-refractivity contribution is 5.69. The van der Waals surface area contributed by atoms with Crippen molar-refractivity contribution in [2.75, 3.05) is 19.8 Å². The van der Waals surface area contributed by atoms with E-state index in [1.165, 1.54) is 0 Å². The van der Waals surface area contributed by atoms with Crippen molar-refractivity contribution in [3.63, 3.8) is 0 Å². The summed E-state index contributed by atoms with van der Waals surface area (Å²) in [5, 5.41) is 3.29. The van der Waals surface area contributed by atoms with Gasteiger partial charge in [-0.25, -0.2) is 0 Å². The molecule has 1 heterocycles. The molecule has 0 spiro atoms. The fraction of sp³-hybridized carbons (Fsp3) is 0.909. The highest BCUT2D eigenvalue weighted by Crippen LogP contribution is 2.15. The van der Waals surface area contributed by atoms with Gasteiger partial charge in [-0.15, -0.1) is 0 Å². The minimum atomic E-state index is -0.135. The Balaban J connectivity index is 2.05. The molecule has 0 aromatic carbocycles. The van der Waals surface area contributed by atoms with Crippen LogP contribution in [0.4, 0.5) is 0 Å². The second-order valence-corrected chi connectivity index (χ2v) is 3.85. The average Bonchev–Trinajstić information content (AvgIpc) is 2.70. The number of nitrogens with one attached hydrogen (secondary N) is 1. The first-order chi connectivity index (χ1) is 7.24. The van der Waals surface area contributed by atoms with Crippen LogP contribution in [0.15, 0.2) is 0 Å². The predicted octanol–water partition coefficient (Wildman–Crippen LogP) is 1.10. The Kier molecular flexibility index (Phi) is 5.65. The topological polar surface area (TPSA) is 47.6 Å². The van der Waals surface area contributed by atoms with Gasteiger partial charge in [-0.1, -0.05) is 0 Å². The lowest BCUT2D eigenvalue weighted by Gasteiger charge is -2.19. The molecule has 1 aliphatic rings. The van der Waals surface area contributed by atoms with E-state index in [0.717, 1.165) is 19.4 Å². The van der Waals surface area contributed by atoms with E-state index in [9.17, 15) is 4.79 Å². The molecule has 0 aromatic heterocycles. The molecule has 88 valence electrons. The van der Waals surface area contributed by atoms with Crippen LogP contribution in [0.3, 0.4) is 0 Å². The molecule has 15 heavy (non-hydrogen) atoms. The third-order valence-electron chi connectivity index (χ3n) is 2.62. The van der Waals surface area contributed by atoms with E-state index in [0.29, 0.717) is 31.7 Å². The molecule has 0 radical (unpaired) electrons. The summed E-state index contributed by atoms with van der Waals surface area (Å²) >= 11 is 0. The van der Waals surface area contributed by atoms with Crippen LogP contribution in [0, 0.1) is 0 Å². The monoisotopic (exact) mass is 215 g/mol. The average molecular weight is 215 g/mol. The minimum Gasteiger partial charge on any atom is -0.466 e. The van der Waals surface area contributed by atoms with Crippen LogP contribution in [0.1, 0.15) is 33.1 Å². The smallest absolute Gasteiger partial charge is 0.307 e. The maximum absolute atomic E-state index is 11.1. The van der Waals surface area contributed by atoms with Crippen LogP contribution in [0.5, 0.6) is 0 Å². The van der Waals surface area contributed by atoms with Gasteiger partial charge in [0.15, 0.2) is 0 Å². The summed E-state index contributed by atoms with van der Waals surface area (Å²) in [6, 6.07) is 0.321. The summed E-state index contributed by atoms with van der Waals surface area (Å²) in [4.78, 5) is 11.1. The van der Waals surface area contributed by atoms with Crippen LogP contribution in [-0.4, -0.2) is 37.9 Å². The molecule has 2 unspecified atom stereocenters. The van der Waals surface area contributed by atoms with E-state index in [1.807, 2.05) is 6.92 Å². The molecule has 1 rings (SSSR count). The third kappa shape index (κ3) is 4.62. The van der Waals surface area contributed by atoms with Crippen LogP contribution < -0.4 is 5.32 Å². The van der Waals surface area contributed by atoms with Crippen LogP contribution in [-0.2, 0) is 14.3 Å². The van der Waals surface area contributed by atoms with Crippen LogP contribution in [0.25, 0.3) is 0 Å². The van der Waals surface area contributed by atoms with Gasteiger partial charge in [0.1, 0.15) is 0 Å². The highest BCUT2D eigenvalue weighted by atomic mass is 16.5. The van der Waals surface area contributed by atoms with Gasteiger partial charge in [-0.2, -0.15) is 0 Å². The van der Waals surface area contributed by atoms with Gasteiger partial charge >= 0.3 is 5.97 Å². The SMILES string of the molecule is CCOC(=O)CCNC(C)C1CCCO1. The zero-order valence-electron chi connectivity index (χ0n) is 9.62. The molecular weight excluding hydrogens is 194 g/mol. The fourth-order valence-corrected chi connectivity index (χ4v) is 1.76. The molecule has 0 amide bonds. The quantitative estimate of drug-likeness (QED) is 0.674. The number of hydrogen-bond donors (Lipinski definition) is 1. The summed E-state index contributed by atoms with van der Waals surface area (Å²) < 4.78 is 10.4. The number of hydrogen-bond acceptors (Lipinski definition) is 4. The van der Waals surface area contributed by atoms with Crippen molar-refractivity contribution in [1.82, 2.24) is 5.32 Å². The highest BCUT2D eigenvalue weighted by Gasteiger charge is 2.21. The molecule has 1 aliphatic heterocycles. The third-order valence-corrected chi connectivity index (χ3v) is 2.62. The molecule has 1 saturated heterocycles. The summed E-state index contributed by atoms with van der Waals surface area (Å²) in [7, 11) is 0. The van der Waals surface area contributed by atoms with E-state index in [-0.39, 0.29) is 5.97 Å². The second kappa shape index (κ2) is 6.80. The summed E-state index contributed by atoms with van der Waals surface area (Å²) in [6.45, 7) is 5.91. The van der Waals surface area contributed by atoms with Crippen LogP contribution in [0.2, 0.25) is 0 Å². The summed E-state index contributed by atoms with van der Waals surface area (Å²) in [6.07, 6.45) is 3.01. The van der Waals surface area contributed by atoms with Crippen LogP contribution >= 0.6 is 0 Å². The molecule has 0 aromatic rings. The number of rotatable bonds is 6. The van der Waals surface area contributed by atoms with Crippen molar-refractivity contribution in [2.45, 2.75) is 45.3 Å². The Morgan fingerprint density at radius 3 is 3.07 bits per heavy atom. The summed E-state index contributed by atoms with van der Waals surface area (Å²) in [5.41, 5.74) is 0. The molecule has 4 heteroatoms. The van der Waals surface area contributed by atoms with Crippen molar-refractivity contribution in [3.8, 4) is 0 Å². The first-order valence-electron chi connectivity index (χ1n) is 5.74. The molecule has 2 atom stereocenters. The summed E-state index contributed by atoms with van der Waals surface area (Å²) in [5.74, 6) is -0.135. The van der Waals surface area contributed by atoms with Gasteiger partial charge in [0.05, 0.1) is 19.1 Å². The maximum atomic E-state index is 11.1. The minimum absolute atomic E-state index is 0.135. The van der Waals surface area contributed by atoms with E-state index in [1.54, 1.807) is 0 Å². The Bertz CT molecular complexity index is 190. The molecule has 1 N–H and O–H groups in total. The van der Waals surface area contributed by atoms with Crippen molar-refractivity contribution in [1.29, 1.82) is 0 Å². The molecule has 0 bridgehead atoms. The largest absolute Gasteiger partial charge is 0.466 e. The van der Waals surface area contributed by atoms with E-state index in [4.69, 9.17) is 9.47 Å². The van der Waals surface area contributed by atoms with E-state index >= 15 is 0 Å². The number of ether oxygens (including phenoxy) is 2. The van der Waals surface area contributed by atoms with Crippen molar-refractivity contribution in [2.24, 2.45) is 0 Å². The number of carbonyl (C=O) groups is 1. The fourth-order valence-electron chi connectivity index (χ4n) is 1.76. The Labute approximate surface area is 91.3 Å². The van der Waals surface area contributed by atoms with E-state index < -0.39 is 0 Å². The molecule has 0 aliphatic carbocycles. The second-order valence-electron chi connectivity index (χ2n) is 3.85. The lowest BCUT2D eigenvalue weighted by Crippen LogP contribution is -2.38. The first kappa shape index (κ1) is 12.5. The Morgan fingerprint density at radius 1 is 1.67 bits per heavy atom.